The van der Waals surface area contributed by atoms with E-state index in [0.29, 0.717) is 12.5 Å². The Hall–Kier alpha value is -0.160. The van der Waals surface area contributed by atoms with Crippen LogP contribution in [-0.2, 0) is 9.47 Å². The number of hydrazine groups is 1. The third kappa shape index (κ3) is 2.17. The van der Waals surface area contributed by atoms with Crippen LogP contribution in [0.5, 0.6) is 0 Å². The summed E-state index contributed by atoms with van der Waals surface area (Å²) in [6.45, 7) is 3.62. The fraction of sp³-hybridized carbons (Fsp3) is 1.00. The van der Waals surface area contributed by atoms with E-state index in [0.717, 1.165) is 13.0 Å². The summed E-state index contributed by atoms with van der Waals surface area (Å²) in [5.41, 5.74) is 2.73. The molecule has 0 spiro atoms. The molecule has 0 amide bonds. The summed E-state index contributed by atoms with van der Waals surface area (Å²) in [6.07, 6.45) is 1.32. The highest BCUT2D eigenvalue weighted by Gasteiger charge is 2.31. The van der Waals surface area contributed by atoms with Gasteiger partial charge >= 0.3 is 0 Å². The predicted molar refractivity (Wildman–Crippen MR) is 46.5 cm³/mol. The lowest BCUT2D eigenvalue weighted by molar-refractivity contribution is 0.0292. The highest BCUT2D eigenvalue weighted by molar-refractivity contribution is 4.83. The fourth-order valence-electron chi connectivity index (χ4n) is 1.65. The van der Waals surface area contributed by atoms with Crippen LogP contribution in [0.2, 0.25) is 0 Å². The second kappa shape index (κ2) is 4.77. The van der Waals surface area contributed by atoms with Crippen molar-refractivity contribution in [3.63, 3.8) is 0 Å². The molecule has 0 radical (unpaired) electrons. The number of ether oxygens (including phenoxy) is 2. The van der Waals surface area contributed by atoms with Crippen molar-refractivity contribution in [2.75, 3.05) is 20.3 Å². The molecule has 3 unspecified atom stereocenters. The van der Waals surface area contributed by atoms with Crippen LogP contribution in [-0.4, -0.2) is 32.5 Å². The first-order valence-electron chi connectivity index (χ1n) is 4.36. The zero-order valence-electron chi connectivity index (χ0n) is 7.75. The van der Waals surface area contributed by atoms with Crippen LogP contribution in [0.15, 0.2) is 0 Å². The van der Waals surface area contributed by atoms with Crippen molar-refractivity contribution < 1.29 is 9.47 Å². The van der Waals surface area contributed by atoms with Crippen LogP contribution in [0.3, 0.4) is 0 Å². The average molecular weight is 174 g/mol. The molecule has 0 aliphatic carbocycles. The van der Waals surface area contributed by atoms with Crippen molar-refractivity contribution >= 4 is 0 Å². The van der Waals surface area contributed by atoms with Crippen LogP contribution in [0, 0.1) is 5.92 Å². The number of nitrogens with one attached hydrogen (secondary N) is 1. The van der Waals surface area contributed by atoms with E-state index in [1.165, 1.54) is 0 Å². The normalized spacial score (nSPS) is 32.2. The Balaban J connectivity index is 2.41. The van der Waals surface area contributed by atoms with Gasteiger partial charge in [0.05, 0.1) is 18.8 Å². The second-order valence-electron chi connectivity index (χ2n) is 3.33. The molecular formula is C8H18N2O2. The molecule has 0 saturated carbocycles. The number of nitrogens with two attached hydrogens (primary N) is 1. The van der Waals surface area contributed by atoms with Crippen LogP contribution < -0.4 is 11.3 Å². The summed E-state index contributed by atoms with van der Waals surface area (Å²) in [6, 6.07) is 0.118. The van der Waals surface area contributed by atoms with Gasteiger partial charge < -0.3 is 9.47 Å². The molecule has 3 N–H and O–H groups in total. The SMILES string of the molecule is COCC(NN)C1OCCC1C. The molecule has 1 saturated heterocycles. The first kappa shape index (κ1) is 9.92. The monoisotopic (exact) mass is 174 g/mol. The topological polar surface area (TPSA) is 56.5 Å². The van der Waals surface area contributed by atoms with E-state index in [9.17, 15) is 0 Å². The lowest BCUT2D eigenvalue weighted by Gasteiger charge is -2.24. The van der Waals surface area contributed by atoms with Gasteiger partial charge in [0.2, 0.25) is 0 Å². The molecule has 4 heteroatoms. The van der Waals surface area contributed by atoms with Gasteiger partial charge in [0, 0.05) is 13.7 Å². The Bertz CT molecular complexity index is 132. The van der Waals surface area contributed by atoms with E-state index in [4.69, 9.17) is 15.3 Å². The van der Waals surface area contributed by atoms with Crippen molar-refractivity contribution in [1.82, 2.24) is 5.43 Å². The smallest absolute Gasteiger partial charge is 0.0790 e. The van der Waals surface area contributed by atoms with Crippen LogP contribution in [0.1, 0.15) is 13.3 Å². The Morgan fingerprint density at radius 3 is 2.92 bits per heavy atom. The molecule has 1 aliphatic rings. The quantitative estimate of drug-likeness (QED) is 0.461. The highest BCUT2D eigenvalue weighted by Crippen LogP contribution is 2.22. The van der Waals surface area contributed by atoms with E-state index < -0.39 is 0 Å². The van der Waals surface area contributed by atoms with Gasteiger partial charge in [-0.2, -0.15) is 0 Å². The number of methoxy groups -OCH3 is 1. The third-order valence-electron chi connectivity index (χ3n) is 2.40. The fourth-order valence-corrected chi connectivity index (χ4v) is 1.65. The number of rotatable bonds is 4. The van der Waals surface area contributed by atoms with Crippen molar-refractivity contribution in [1.29, 1.82) is 0 Å². The maximum atomic E-state index is 5.55. The molecular weight excluding hydrogens is 156 g/mol. The molecule has 1 fully saturated rings. The van der Waals surface area contributed by atoms with E-state index >= 15 is 0 Å². The van der Waals surface area contributed by atoms with Gasteiger partial charge in [-0.05, 0) is 12.3 Å². The first-order chi connectivity index (χ1) is 5.79. The van der Waals surface area contributed by atoms with Crippen LogP contribution in [0.4, 0.5) is 0 Å². The van der Waals surface area contributed by atoms with Crippen molar-refractivity contribution in [2.45, 2.75) is 25.5 Å². The van der Waals surface area contributed by atoms with E-state index in [2.05, 4.69) is 12.3 Å². The number of hydrogen-bond acceptors (Lipinski definition) is 4. The third-order valence-corrected chi connectivity index (χ3v) is 2.40. The summed E-state index contributed by atoms with van der Waals surface area (Å²) in [7, 11) is 1.67. The maximum absolute atomic E-state index is 5.55. The lowest BCUT2D eigenvalue weighted by Crippen LogP contribution is -2.48. The van der Waals surface area contributed by atoms with Gasteiger partial charge in [0.25, 0.3) is 0 Å². The Kier molecular flexibility index (Phi) is 3.94. The highest BCUT2D eigenvalue weighted by atomic mass is 16.5. The van der Waals surface area contributed by atoms with Crippen LogP contribution >= 0.6 is 0 Å². The van der Waals surface area contributed by atoms with Crippen molar-refractivity contribution in [3.8, 4) is 0 Å². The molecule has 1 aliphatic heterocycles. The predicted octanol–water partition coefficient (Wildman–Crippen LogP) is -0.110. The Morgan fingerprint density at radius 1 is 1.75 bits per heavy atom. The van der Waals surface area contributed by atoms with Gasteiger partial charge in [-0.15, -0.1) is 0 Å². The summed E-state index contributed by atoms with van der Waals surface area (Å²) < 4.78 is 10.6. The maximum Gasteiger partial charge on any atom is 0.0790 e. The summed E-state index contributed by atoms with van der Waals surface area (Å²) in [5.74, 6) is 5.96. The summed E-state index contributed by atoms with van der Waals surface area (Å²) >= 11 is 0. The molecule has 1 heterocycles. The number of hydrogen-bond donors (Lipinski definition) is 2. The average Bonchev–Trinajstić information content (AvgIpc) is 2.47. The molecule has 72 valence electrons. The van der Waals surface area contributed by atoms with Gasteiger partial charge in [-0.3, -0.25) is 11.3 Å². The van der Waals surface area contributed by atoms with E-state index in [1.54, 1.807) is 7.11 Å². The van der Waals surface area contributed by atoms with Gasteiger partial charge in [0.15, 0.2) is 0 Å². The zero-order valence-corrected chi connectivity index (χ0v) is 7.75. The molecule has 1 rings (SSSR count). The van der Waals surface area contributed by atoms with E-state index in [1.807, 2.05) is 0 Å². The van der Waals surface area contributed by atoms with Gasteiger partial charge in [0.1, 0.15) is 0 Å². The van der Waals surface area contributed by atoms with Gasteiger partial charge in [-0.25, -0.2) is 0 Å². The van der Waals surface area contributed by atoms with Gasteiger partial charge in [-0.1, -0.05) is 6.92 Å². The second-order valence-corrected chi connectivity index (χ2v) is 3.33. The lowest BCUT2D eigenvalue weighted by atomic mass is 9.98. The molecule has 0 bridgehead atoms. The Morgan fingerprint density at radius 2 is 2.50 bits per heavy atom. The standard InChI is InChI=1S/C8H18N2O2/c1-6-3-4-12-8(6)7(10-9)5-11-2/h6-8,10H,3-5,9H2,1-2H3. The molecule has 0 aromatic carbocycles. The van der Waals surface area contributed by atoms with Crippen LogP contribution in [0.25, 0.3) is 0 Å². The summed E-state index contributed by atoms with van der Waals surface area (Å²) in [5, 5.41) is 0. The molecule has 0 aromatic rings. The molecule has 0 aromatic heterocycles. The zero-order chi connectivity index (χ0) is 8.97. The minimum Gasteiger partial charge on any atom is -0.383 e. The minimum absolute atomic E-state index is 0.118. The first-order valence-corrected chi connectivity index (χ1v) is 4.36. The summed E-state index contributed by atoms with van der Waals surface area (Å²) in [4.78, 5) is 0. The van der Waals surface area contributed by atoms with Crippen molar-refractivity contribution in [2.24, 2.45) is 11.8 Å². The van der Waals surface area contributed by atoms with E-state index in [-0.39, 0.29) is 12.1 Å². The minimum atomic E-state index is 0.118. The molecule has 4 nitrogen and oxygen atoms in total. The molecule has 12 heavy (non-hydrogen) atoms. The largest absolute Gasteiger partial charge is 0.383 e. The van der Waals surface area contributed by atoms with Crippen molar-refractivity contribution in [3.05, 3.63) is 0 Å². The Labute approximate surface area is 73.4 Å². The molecule has 3 atom stereocenters.